The van der Waals surface area contributed by atoms with E-state index in [-0.39, 0.29) is 23.6 Å². The number of benzene rings is 1. The summed E-state index contributed by atoms with van der Waals surface area (Å²) in [6, 6.07) is 10.3. The zero-order chi connectivity index (χ0) is 16.8. The van der Waals surface area contributed by atoms with E-state index < -0.39 is 0 Å². The van der Waals surface area contributed by atoms with Gasteiger partial charge in [0, 0.05) is 29.4 Å². The fraction of sp³-hybridized carbons (Fsp3) is 0.235. The molecular weight excluding hydrogens is 314 g/mol. The molecule has 0 unspecified atom stereocenters. The standard InChI is InChI=1S/C17H18ClN3O2/c1-11(2)21-16(22)13-7-8-19-15(9-13)17(23)20-10-12-3-5-14(18)6-4-12/h3-9,11H,10H2,1-2H3,(H,20,23)(H,21,22). The van der Waals surface area contributed by atoms with Gasteiger partial charge in [-0.15, -0.1) is 0 Å². The summed E-state index contributed by atoms with van der Waals surface area (Å²) in [5, 5.41) is 6.19. The second kappa shape index (κ2) is 7.74. The molecule has 1 heterocycles. The minimum atomic E-state index is -0.334. The Hall–Kier alpha value is -2.40. The van der Waals surface area contributed by atoms with Crippen LogP contribution in [0, 0.1) is 0 Å². The number of nitrogens with one attached hydrogen (secondary N) is 2. The predicted octanol–water partition coefficient (Wildman–Crippen LogP) is 2.80. The fourth-order valence-electron chi connectivity index (χ4n) is 1.92. The van der Waals surface area contributed by atoms with Gasteiger partial charge in [0.15, 0.2) is 0 Å². The molecule has 0 radical (unpaired) electrons. The summed E-state index contributed by atoms with van der Waals surface area (Å²) in [7, 11) is 0. The molecule has 0 fully saturated rings. The molecule has 0 aliphatic heterocycles. The van der Waals surface area contributed by atoms with Gasteiger partial charge in [-0.1, -0.05) is 23.7 Å². The van der Waals surface area contributed by atoms with Crippen molar-refractivity contribution in [3.05, 3.63) is 64.4 Å². The number of aromatic nitrogens is 1. The number of carbonyl (C=O) groups excluding carboxylic acids is 2. The van der Waals surface area contributed by atoms with Crippen LogP contribution < -0.4 is 10.6 Å². The molecule has 5 nitrogen and oxygen atoms in total. The summed E-state index contributed by atoms with van der Waals surface area (Å²) in [5.74, 6) is -0.562. The first kappa shape index (κ1) is 17.0. The average Bonchev–Trinajstić information content (AvgIpc) is 2.53. The van der Waals surface area contributed by atoms with Crippen LogP contribution in [0.1, 0.15) is 40.3 Å². The normalized spacial score (nSPS) is 10.4. The van der Waals surface area contributed by atoms with Crippen LogP contribution in [0.5, 0.6) is 0 Å². The van der Waals surface area contributed by atoms with Crippen LogP contribution in [-0.2, 0) is 6.54 Å². The monoisotopic (exact) mass is 331 g/mol. The first-order chi connectivity index (χ1) is 11.0. The summed E-state index contributed by atoms with van der Waals surface area (Å²) in [6.45, 7) is 4.11. The summed E-state index contributed by atoms with van der Waals surface area (Å²) in [4.78, 5) is 28.1. The van der Waals surface area contributed by atoms with Crippen molar-refractivity contribution in [1.29, 1.82) is 0 Å². The van der Waals surface area contributed by atoms with Gasteiger partial charge in [0.1, 0.15) is 5.69 Å². The van der Waals surface area contributed by atoms with Gasteiger partial charge in [-0.05, 0) is 43.7 Å². The minimum absolute atomic E-state index is 0.0258. The van der Waals surface area contributed by atoms with E-state index >= 15 is 0 Å². The second-order valence-corrected chi connectivity index (χ2v) is 5.80. The third-order valence-electron chi connectivity index (χ3n) is 3.04. The molecule has 0 saturated carbocycles. The van der Waals surface area contributed by atoms with E-state index in [2.05, 4.69) is 15.6 Å². The van der Waals surface area contributed by atoms with E-state index in [4.69, 9.17) is 11.6 Å². The maximum Gasteiger partial charge on any atom is 0.270 e. The Bertz CT molecular complexity index is 699. The first-order valence-corrected chi connectivity index (χ1v) is 7.63. The highest BCUT2D eigenvalue weighted by atomic mass is 35.5. The lowest BCUT2D eigenvalue weighted by molar-refractivity contribution is 0.0943. The number of nitrogens with zero attached hydrogens (tertiary/aromatic N) is 1. The Labute approximate surface area is 140 Å². The van der Waals surface area contributed by atoms with E-state index in [1.165, 1.54) is 12.3 Å². The van der Waals surface area contributed by atoms with Crippen LogP contribution in [0.15, 0.2) is 42.6 Å². The second-order valence-electron chi connectivity index (χ2n) is 5.37. The molecule has 120 valence electrons. The predicted molar refractivity (Wildman–Crippen MR) is 89.5 cm³/mol. The number of rotatable bonds is 5. The van der Waals surface area contributed by atoms with E-state index in [1.54, 1.807) is 18.2 Å². The summed E-state index contributed by atoms with van der Waals surface area (Å²) < 4.78 is 0. The van der Waals surface area contributed by atoms with Crippen molar-refractivity contribution in [2.45, 2.75) is 26.4 Å². The Balaban J connectivity index is 2.02. The van der Waals surface area contributed by atoms with E-state index in [9.17, 15) is 9.59 Å². The molecule has 2 amide bonds. The van der Waals surface area contributed by atoms with E-state index in [1.807, 2.05) is 26.0 Å². The average molecular weight is 332 g/mol. The lowest BCUT2D eigenvalue weighted by Crippen LogP contribution is -2.30. The first-order valence-electron chi connectivity index (χ1n) is 7.25. The number of hydrogen-bond acceptors (Lipinski definition) is 3. The number of carbonyl (C=O) groups is 2. The van der Waals surface area contributed by atoms with Gasteiger partial charge in [-0.25, -0.2) is 0 Å². The zero-order valence-corrected chi connectivity index (χ0v) is 13.7. The van der Waals surface area contributed by atoms with Gasteiger partial charge >= 0.3 is 0 Å². The summed E-state index contributed by atoms with van der Waals surface area (Å²) >= 11 is 5.82. The van der Waals surface area contributed by atoms with E-state index in [0.717, 1.165) is 5.56 Å². The quantitative estimate of drug-likeness (QED) is 0.885. The molecule has 0 bridgehead atoms. The maximum atomic E-state index is 12.2. The van der Waals surface area contributed by atoms with Crippen molar-refractivity contribution in [1.82, 2.24) is 15.6 Å². The van der Waals surface area contributed by atoms with Crippen molar-refractivity contribution in [2.24, 2.45) is 0 Å². The number of hydrogen-bond donors (Lipinski definition) is 2. The Morgan fingerprint density at radius 2 is 1.83 bits per heavy atom. The Kier molecular flexibility index (Phi) is 5.71. The molecule has 23 heavy (non-hydrogen) atoms. The van der Waals surface area contributed by atoms with Crippen LogP contribution >= 0.6 is 11.6 Å². The Morgan fingerprint density at radius 1 is 1.13 bits per heavy atom. The SMILES string of the molecule is CC(C)NC(=O)c1ccnc(C(=O)NCc2ccc(Cl)cc2)c1. The molecule has 6 heteroatoms. The zero-order valence-electron chi connectivity index (χ0n) is 13.0. The molecule has 0 atom stereocenters. The molecule has 0 aliphatic rings. The smallest absolute Gasteiger partial charge is 0.270 e. The maximum absolute atomic E-state index is 12.2. The highest BCUT2D eigenvalue weighted by Gasteiger charge is 2.12. The molecule has 1 aromatic heterocycles. The van der Waals surface area contributed by atoms with Gasteiger partial charge in [0.05, 0.1) is 0 Å². The van der Waals surface area contributed by atoms with Crippen molar-refractivity contribution in [2.75, 3.05) is 0 Å². The van der Waals surface area contributed by atoms with Crippen LogP contribution in [-0.4, -0.2) is 22.8 Å². The van der Waals surface area contributed by atoms with E-state index in [0.29, 0.717) is 17.1 Å². The lowest BCUT2D eigenvalue weighted by Gasteiger charge is -2.09. The molecule has 2 rings (SSSR count). The summed E-state index contributed by atoms with van der Waals surface area (Å²) in [5.41, 5.74) is 1.54. The van der Waals surface area contributed by atoms with Crippen molar-refractivity contribution in [3.63, 3.8) is 0 Å². The van der Waals surface area contributed by atoms with Gasteiger partial charge < -0.3 is 10.6 Å². The Morgan fingerprint density at radius 3 is 2.48 bits per heavy atom. The van der Waals surface area contributed by atoms with Crippen molar-refractivity contribution < 1.29 is 9.59 Å². The lowest BCUT2D eigenvalue weighted by atomic mass is 10.2. The third-order valence-corrected chi connectivity index (χ3v) is 3.29. The molecule has 0 spiro atoms. The van der Waals surface area contributed by atoms with Crippen LogP contribution in [0.4, 0.5) is 0 Å². The third kappa shape index (κ3) is 5.07. The number of amides is 2. The highest BCUT2D eigenvalue weighted by molar-refractivity contribution is 6.30. The molecule has 1 aromatic carbocycles. The van der Waals surface area contributed by atoms with Gasteiger partial charge in [0.2, 0.25) is 0 Å². The van der Waals surface area contributed by atoms with Gasteiger partial charge in [0.25, 0.3) is 11.8 Å². The fourth-order valence-corrected chi connectivity index (χ4v) is 2.04. The molecule has 2 N–H and O–H groups in total. The molecule has 2 aromatic rings. The van der Waals surface area contributed by atoms with Crippen molar-refractivity contribution >= 4 is 23.4 Å². The van der Waals surface area contributed by atoms with Crippen LogP contribution in [0.3, 0.4) is 0 Å². The van der Waals surface area contributed by atoms with Gasteiger partial charge in [-0.2, -0.15) is 0 Å². The molecule has 0 saturated heterocycles. The van der Waals surface area contributed by atoms with Crippen LogP contribution in [0.2, 0.25) is 5.02 Å². The summed E-state index contributed by atoms with van der Waals surface area (Å²) in [6.07, 6.45) is 1.45. The molecular formula is C17H18ClN3O2. The minimum Gasteiger partial charge on any atom is -0.350 e. The van der Waals surface area contributed by atoms with Crippen LogP contribution in [0.25, 0.3) is 0 Å². The topological polar surface area (TPSA) is 71.1 Å². The number of pyridine rings is 1. The highest BCUT2D eigenvalue weighted by Crippen LogP contribution is 2.09. The van der Waals surface area contributed by atoms with Gasteiger partial charge in [-0.3, -0.25) is 14.6 Å². The largest absolute Gasteiger partial charge is 0.350 e. The number of halogens is 1. The molecule has 0 aliphatic carbocycles. The van der Waals surface area contributed by atoms with Crippen molar-refractivity contribution in [3.8, 4) is 0 Å².